The Bertz CT molecular complexity index is 3280. The van der Waals surface area contributed by atoms with Gasteiger partial charge in [0.05, 0.1) is 11.4 Å². The van der Waals surface area contributed by atoms with E-state index in [2.05, 4.69) is 229 Å². The molecule has 1 heterocycles. The van der Waals surface area contributed by atoms with Gasteiger partial charge in [0.15, 0.2) is 0 Å². The SMILES string of the molecule is Cc1cc(N(c2ccccc2)c2ccccc2)c(-c2ccccc2)c(N(c2ccc(-c3cc4ccccc4c4ccccc34)cc2)c2ccc3c(c2)oc2ccccc23)c1. The highest BCUT2D eigenvalue weighted by atomic mass is 16.3. The van der Waals surface area contributed by atoms with E-state index in [0.717, 1.165) is 72.8 Å². The number of hydrogen-bond acceptors (Lipinski definition) is 3. The number of hydrogen-bond donors (Lipinski definition) is 0. The number of nitrogens with zero attached hydrogens (tertiary/aromatic N) is 2. The molecule has 0 saturated carbocycles. The zero-order chi connectivity index (χ0) is 40.0. The van der Waals surface area contributed by atoms with Crippen LogP contribution in [0.4, 0.5) is 34.1 Å². The van der Waals surface area contributed by atoms with Crippen molar-refractivity contribution >= 4 is 77.6 Å². The monoisotopic (exact) mass is 768 g/mol. The lowest BCUT2D eigenvalue weighted by Gasteiger charge is -2.33. The van der Waals surface area contributed by atoms with Crippen molar-refractivity contribution in [3.8, 4) is 22.3 Å². The van der Waals surface area contributed by atoms with Gasteiger partial charge in [0.1, 0.15) is 11.2 Å². The summed E-state index contributed by atoms with van der Waals surface area (Å²) in [5.41, 5.74) is 13.9. The van der Waals surface area contributed by atoms with Crippen molar-refractivity contribution in [1.82, 2.24) is 0 Å². The van der Waals surface area contributed by atoms with Crippen molar-refractivity contribution in [3.63, 3.8) is 0 Å². The number of anilines is 6. The van der Waals surface area contributed by atoms with Gasteiger partial charge >= 0.3 is 0 Å². The van der Waals surface area contributed by atoms with Crippen molar-refractivity contribution in [1.29, 1.82) is 0 Å². The van der Waals surface area contributed by atoms with Crippen LogP contribution in [0.3, 0.4) is 0 Å². The van der Waals surface area contributed by atoms with E-state index in [1.165, 1.54) is 32.7 Å². The average molecular weight is 769 g/mol. The molecule has 11 rings (SSSR count). The molecule has 0 fully saturated rings. The quantitative estimate of drug-likeness (QED) is 0.144. The Morgan fingerprint density at radius 2 is 0.833 bits per heavy atom. The maximum atomic E-state index is 6.55. The second-order valence-electron chi connectivity index (χ2n) is 15.4. The molecule has 10 aromatic carbocycles. The Balaban J connectivity index is 1.17. The molecule has 0 aliphatic carbocycles. The number of para-hydroxylation sites is 3. The fraction of sp³-hybridized carbons (Fsp3) is 0.0175. The van der Waals surface area contributed by atoms with Gasteiger partial charge < -0.3 is 14.2 Å². The van der Waals surface area contributed by atoms with Crippen LogP contribution in [0.1, 0.15) is 5.56 Å². The zero-order valence-electron chi connectivity index (χ0n) is 33.2. The second kappa shape index (κ2) is 14.8. The van der Waals surface area contributed by atoms with Crippen LogP contribution >= 0.6 is 0 Å². The molecule has 0 aliphatic rings. The maximum absolute atomic E-state index is 6.55. The Morgan fingerprint density at radius 3 is 1.52 bits per heavy atom. The van der Waals surface area contributed by atoms with Crippen LogP contribution in [0.5, 0.6) is 0 Å². The fourth-order valence-corrected chi connectivity index (χ4v) is 8.95. The lowest BCUT2D eigenvalue weighted by Crippen LogP contribution is -2.16. The molecule has 3 nitrogen and oxygen atoms in total. The van der Waals surface area contributed by atoms with E-state index in [1.54, 1.807) is 0 Å². The Kier molecular flexibility index (Phi) is 8.71. The van der Waals surface area contributed by atoms with Crippen LogP contribution in [-0.4, -0.2) is 0 Å². The minimum Gasteiger partial charge on any atom is -0.456 e. The van der Waals surface area contributed by atoms with E-state index < -0.39 is 0 Å². The molecular formula is C57H40N2O. The minimum absolute atomic E-state index is 0.849. The van der Waals surface area contributed by atoms with Crippen LogP contribution in [0.25, 0.3) is 65.7 Å². The summed E-state index contributed by atoms with van der Waals surface area (Å²) in [6, 6.07) is 80.6. The summed E-state index contributed by atoms with van der Waals surface area (Å²) >= 11 is 0. The van der Waals surface area contributed by atoms with Gasteiger partial charge in [-0.15, -0.1) is 0 Å². The highest BCUT2D eigenvalue weighted by Gasteiger charge is 2.26. The molecule has 11 aromatic rings. The Hall–Kier alpha value is -7.88. The molecule has 284 valence electrons. The van der Waals surface area contributed by atoms with Gasteiger partial charge in [-0.3, -0.25) is 0 Å². The molecule has 0 unspecified atom stereocenters. The minimum atomic E-state index is 0.849. The topological polar surface area (TPSA) is 19.6 Å². The largest absolute Gasteiger partial charge is 0.456 e. The molecule has 0 saturated heterocycles. The van der Waals surface area contributed by atoms with Crippen molar-refractivity contribution < 1.29 is 4.42 Å². The molecule has 1 aromatic heterocycles. The smallest absolute Gasteiger partial charge is 0.137 e. The van der Waals surface area contributed by atoms with E-state index in [4.69, 9.17) is 4.42 Å². The summed E-state index contributed by atoms with van der Waals surface area (Å²) < 4.78 is 6.55. The summed E-state index contributed by atoms with van der Waals surface area (Å²) in [7, 11) is 0. The van der Waals surface area contributed by atoms with Crippen LogP contribution in [0, 0.1) is 6.92 Å². The van der Waals surface area contributed by atoms with Gasteiger partial charge in [-0.25, -0.2) is 0 Å². The summed E-state index contributed by atoms with van der Waals surface area (Å²) in [5.74, 6) is 0. The van der Waals surface area contributed by atoms with Crippen LogP contribution in [0.2, 0.25) is 0 Å². The van der Waals surface area contributed by atoms with Crippen molar-refractivity contribution in [2.45, 2.75) is 6.92 Å². The lowest BCUT2D eigenvalue weighted by molar-refractivity contribution is 0.669. The van der Waals surface area contributed by atoms with Crippen molar-refractivity contribution in [2.75, 3.05) is 9.80 Å². The molecule has 0 aliphatic heterocycles. The summed E-state index contributed by atoms with van der Waals surface area (Å²) in [5, 5.41) is 7.22. The predicted molar refractivity (Wildman–Crippen MR) is 254 cm³/mol. The predicted octanol–water partition coefficient (Wildman–Crippen LogP) is 16.5. The first-order chi connectivity index (χ1) is 29.7. The first-order valence-electron chi connectivity index (χ1n) is 20.5. The van der Waals surface area contributed by atoms with Crippen LogP contribution in [0.15, 0.2) is 229 Å². The third-order valence-corrected chi connectivity index (χ3v) is 11.6. The zero-order valence-corrected chi connectivity index (χ0v) is 33.2. The molecule has 0 bridgehead atoms. The number of rotatable bonds is 8. The highest BCUT2D eigenvalue weighted by Crippen LogP contribution is 2.50. The molecule has 60 heavy (non-hydrogen) atoms. The normalized spacial score (nSPS) is 11.4. The highest BCUT2D eigenvalue weighted by molar-refractivity contribution is 6.14. The molecule has 0 atom stereocenters. The molecule has 0 amide bonds. The second-order valence-corrected chi connectivity index (χ2v) is 15.4. The van der Waals surface area contributed by atoms with E-state index in [0.29, 0.717) is 0 Å². The average Bonchev–Trinajstić information content (AvgIpc) is 3.68. The van der Waals surface area contributed by atoms with Crippen LogP contribution < -0.4 is 9.80 Å². The number of furan rings is 1. The molecule has 0 N–H and O–H groups in total. The number of aryl methyl sites for hydroxylation is 1. The third-order valence-electron chi connectivity index (χ3n) is 11.6. The van der Waals surface area contributed by atoms with Gasteiger partial charge in [-0.05, 0) is 124 Å². The maximum Gasteiger partial charge on any atom is 0.137 e. The molecular weight excluding hydrogens is 729 g/mol. The van der Waals surface area contributed by atoms with Gasteiger partial charge in [0.25, 0.3) is 0 Å². The standard InChI is InChI=1S/C57H40N2O/c1-39-35-53(58(43-20-7-3-8-21-43)44-22-9-4-10-23-44)57(41-17-5-2-6-18-41)54(36-39)59(46-33-34-51-50-27-15-16-28-55(50)60-56(51)38-46)45-31-29-40(30-32-45)52-37-42-19-11-12-24-47(42)48-25-13-14-26-49(48)52/h2-38H,1H3. The number of fused-ring (bicyclic) bond motifs is 6. The van der Waals surface area contributed by atoms with Gasteiger partial charge in [-0.1, -0.05) is 146 Å². The van der Waals surface area contributed by atoms with Crippen molar-refractivity contribution in [3.05, 3.63) is 230 Å². The van der Waals surface area contributed by atoms with E-state index in [1.807, 2.05) is 12.1 Å². The van der Waals surface area contributed by atoms with Gasteiger partial charge in [0.2, 0.25) is 0 Å². The lowest BCUT2D eigenvalue weighted by atomic mass is 9.93. The number of benzene rings is 10. The van der Waals surface area contributed by atoms with Gasteiger partial charge in [0, 0.05) is 45.2 Å². The van der Waals surface area contributed by atoms with E-state index >= 15 is 0 Å². The van der Waals surface area contributed by atoms with E-state index in [9.17, 15) is 0 Å². The molecule has 3 heteroatoms. The first kappa shape index (κ1) is 35.3. The summed E-state index contributed by atoms with van der Waals surface area (Å²) in [4.78, 5) is 4.79. The van der Waals surface area contributed by atoms with E-state index in [-0.39, 0.29) is 0 Å². The molecule has 0 radical (unpaired) electrons. The molecule has 0 spiro atoms. The first-order valence-corrected chi connectivity index (χ1v) is 20.5. The Morgan fingerprint density at radius 1 is 0.333 bits per heavy atom. The third kappa shape index (κ3) is 6.16. The van der Waals surface area contributed by atoms with Gasteiger partial charge in [-0.2, -0.15) is 0 Å². The summed E-state index contributed by atoms with van der Waals surface area (Å²) in [6.45, 7) is 2.20. The fourth-order valence-electron chi connectivity index (χ4n) is 8.95. The summed E-state index contributed by atoms with van der Waals surface area (Å²) in [6.07, 6.45) is 0. The van der Waals surface area contributed by atoms with Crippen molar-refractivity contribution in [2.24, 2.45) is 0 Å². The Labute approximate surface area is 349 Å². The van der Waals surface area contributed by atoms with Crippen LogP contribution in [-0.2, 0) is 0 Å².